The highest BCUT2D eigenvalue weighted by molar-refractivity contribution is 14.1. The predicted octanol–water partition coefficient (Wildman–Crippen LogP) is 4.73. The van der Waals surface area contributed by atoms with E-state index in [-0.39, 0.29) is 6.04 Å². The van der Waals surface area contributed by atoms with Crippen LogP contribution in [0, 0.1) is 10.5 Å². The molecule has 0 saturated heterocycles. The molecule has 0 aliphatic rings. The number of benzene rings is 1. The first-order chi connectivity index (χ1) is 8.15. The lowest BCUT2D eigenvalue weighted by molar-refractivity contribution is 0.697. The molecule has 0 amide bonds. The van der Waals surface area contributed by atoms with Crippen molar-refractivity contribution < 1.29 is 0 Å². The molecule has 0 saturated carbocycles. The Bertz CT molecular complexity index is 524. The number of nitrogens with one attached hydrogen (secondary N) is 1. The Morgan fingerprint density at radius 1 is 1.35 bits per heavy atom. The van der Waals surface area contributed by atoms with Gasteiger partial charge >= 0.3 is 0 Å². The molecule has 2 aromatic rings. The fourth-order valence-corrected chi connectivity index (χ4v) is 4.23. The van der Waals surface area contributed by atoms with E-state index in [0.29, 0.717) is 0 Å². The van der Waals surface area contributed by atoms with E-state index in [1.807, 2.05) is 7.05 Å². The van der Waals surface area contributed by atoms with Crippen molar-refractivity contribution in [3.05, 3.63) is 53.7 Å². The molecule has 1 unspecified atom stereocenters. The average Bonchev–Trinajstić information content (AvgIpc) is 2.72. The Hall–Kier alpha value is 0.0900. The second-order valence-electron chi connectivity index (χ2n) is 3.83. The summed E-state index contributed by atoms with van der Waals surface area (Å²) in [5.74, 6) is 0. The summed E-state index contributed by atoms with van der Waals surface area (Å²) in [5, 5.41) is 5.52. The normalized spacial score (nSPS) is 12.7. The molecular weight excluding hydrogens is 409 g/mol. The highest BCUT2D eigenvalue weighted by atomic mass is 127. The van der Waals surface area contributed by atoms with Gasteiger partial charge in [-0.15, -0.1) is 11.3 Å². The van der Waals surface area contributed by atoms with Crippen LogP contribution in [0.5, 0.6) is 0 Å². The number of halogens is 2. The summed E-state index contributed by atoms with van der Waals surface area (Å²) >= 11 is 7.82. The Kier molecular flexibility index (Phi) is 4.63. The van der Waals surface area contributed by atoms with Crippen molar-refractivity contribution >= 4 is 49.9 Å². The first kappa shape index (κ1) is 13.5. The van der Waals surface area contributed by atoms with Crippen molar-refractivity contribution in [2.75, 3.05) is 7.05 Å². The van der Waals surface area contributed by atoms with Gasteiger partial charge in [0.25, 0.3) is 0 Å². The van der Waals surface area contributed by atoms with Gasteiger partial charge in [-0.3, -0.25) is 0 Å². The van der Waals surface area contributed by atoms with Gasteiger partial charge in [0.1, 0.15) is 0 Å². The smallest absolute Gasteiger partial charge is 0.0690 e. The Morgan fingerprint density at radius 2 is 2.12 bits per heavy atom. The van der Waals surface area contributed by atoms with Crippen LogP contribution in [-0.2, 0) is 0 Å². The van der Waals surface area contributed by atoms with Gasteiger partial charge in [0.15, 0.2) is 0 Å². The third-order valence-corrected chi connectivity index (χ3v) is 6.14. The minimum atomic E-state index is 0.260. The van der Waals surface area contributed by atoms with Gasteiger partial charge in [-0.05, 0) is 75.1 Å². The molecule has 0 bridgehead atoms. The van der Waals surface area contributed by atoms with E-state index in [1.165, 1.54) is 24.0 Å². The van der Waals surface area contributed by atoms with Crippen LogP contribution in [-0.4, -0.2) is 7.05 Å². The number of rotatable bonds is 3. The third kappa shape index (κ3) is 2.75. The van der Waals surface area contributed by atoms with Crippen LogP contribution in [0.3, 0.4) is 0 Å². The topological polar surface area (TPSA) is 12.0 Å². The molecule has 1 heterocycles. The Morgan fingerprint density at radius 3 is 2.71 bits per heavy atom. The standard InChI is InChI=1S/C13H13BrINS/c1-8-4-3-5-9(11(8)15)12(16-2)13-10(14)6-7-17-13/h3-7,12,16H,1-2H3. The molecule has 1 N–H and O–H groups in total. The molecule has 17 heavy (non-hydrogen) atoms. The molecular formula is C13H13BrINS. The van der Waals surface area contributed by atoms with Crippen LogP contribution in [0.4, 0.5) is 0 Å². The molecule has 1 aromatic heterocycles. The molecule has 2 rings (SSSR count). The van der Waals surface area contributed by atoms with E-state index in [0.717, 1.165) is 0 Å². The maximum absolute atomic E-state index is 3.62. The first-order valence-corrected chi connectivity index (χ1v) is 8.05. The zero-order chi connectivity index (χ0) is 12.4. The molecule has 4 heteroatoms. The van der Waals surface area contributed by atoms with Gasteiger partial charge in [0.2, 0.25) is 0 Å². The lowest BCUT2D eigenvalue weighted by Crippen LogP contribution is -2.18. The lowest BCUT2D eigenvalue weighted by atomic mass is 10.0. The van der Waals surface area contributed by atoms with Crippen molar-refractivity contribution in [2.24, 2.45) is 0 Å². The number of aryl methyl sites for hydroxylation is 1. The fraction of sp³-hybridized carbons (Fsp3) is 0.231. The van der Waals surface area contributed by atoms with Gasteiger partial charge in [0, 0.05) is 12.9 Å². The van der Waals surface area contributed by atoms with Gasteiger partial charge in [-0.2, -0.15) is 0 Å². The Balaban J connectivity index is 2.50. The molecule has 1 aromatic carbocycles. The summed E-state index contributed by atoms with van der Waals surface area (Å²) in [4.78, 5) is 1.33. The average molecular weight is 422 g/mol. The highest BCUT2D eigenvalue weighted by Crippen LogP contribution is 2.35. The minimum Gasteiger partial charge on any atom is -0.309 e. The van der Waals surface area contributed by atoms with E-state index < -0.39 is 0 Å². The van der Waals surface area contributed by atoms with Crippen LogP contribution in [0.2, 0.25) is 0 Å². The molecule has 1 nitrogen and oxygen atoms in total. The summed E-state index contributed by atoms with van der Waals surface area (Å²) in [7, 11) is 2.01. The SMILES string of the molecule is CNC(c1cccc(C)c1I)c1sccc1Br. The zero-order valence-corrected chi connectivity index (χ0v) is 14.2. The second-order valence-corrected chi connectivity index (χ2v) is 6.71. The molecule has 0 fully saturated rings. The van der Waals surface area contributed by atoms with Crippen LogP contribution in [0.15, 0.2) is 34.1 Å². The van der Waals surface area contributed by atoms with E-state index >= 15 is 0 Å². The molecule has 0 spiro atoms. The summed E-state index contributed by atoms with van der Waals surface area (Å²) in [6.45, 7) is 2.15. The quantitative estimate of drug-likeness (QED) is 0.706. The van der Waals surface area contributed by atoms with Gasteiger partial charge in [-0.1, -0.05) is 18.2 Å². The molecule has 90 valence electrons. The number of thiophene rings is 1. The van der Waals surface area contributed by atoms with Gasteiger partial charge in [-0.25, -0.2) is 0 Å². The highest BCUT2D eigenvalue weighted by Gasteiger charge is 2.19. The van der Waals surface area contributed by atoms with Crippen molar-refractivity contribution in [2.45, 2.75) is 13.0 Å². The second kappa shape index (κ2) is 5.82. The first-order valence-electron chi connectivity index (χ1n) is 5.30. The minimum absolute atomic E-state index is 0.260. The lowest BCUT2D eigenvalue weighted by Gasteiger charge is -2.18. The van der Waals surface area contributed by atoms with Crippen LogP contribution in [0.25, 0.3) is 0 Å². The fourth-order valence-electron chi connectivity index (χ4n) is 1.83. The van der Waals surface area contributed by atoms with E-state index in [2.05, 4.69) is 80.4 Å². The summed E-state index contributed by atoms with van der Waals surface area (Å²) in [5.41, 5.74) is 2.67. The molecule has 0 radical (unpaired) electrons. The third-order valence-electron chi connectivity index (χ3n) is 2.73. The monoisotopic (exact) mass is 421 g/mol. The van der Waals surface area contributed by atoms with E-state index in [4.69, 9.17) is 0 Å². The Labute approximate surface area is 128 Å². The predicted molar refractivity (Wildman–Crippen MR) is 86.8 cm³/mol. The molecule has 0 aliphatic heterocycles. The summed E-state index contributed by atoms with van der Waals surface area (Å²) < 4.78 is 2.52. The molecule has 0 aliphatic carbocycles. The number of hydrogen-bond acceptors (Lipinski definition) is 2. The van der Waals surface area contributed by atoms with Crippen LogP contribution < -0.4 is 5.32 Å². The van der Waals surface area contributed by atoms with E-state index in [1.54, 1.807) is 11.3 Å². The van der Waals surface area contributed by atoms with Crippen molar-refractivity contribution in [1.82, 2.24) is 5.32 Å². The maximum atomic E-state index is 3.62. The largest absolute Gasteiger partial charge is 0.309 e. The number of hydrogen-bond donors (Lipinski definition) is 1. The van der Waals surface area contributed by atoms with Gasteiger partial charge < -0.3 is 5.32 Å². The maximum Gasteiger partial charge on any atom is 0.0690 e. The van der Waals surface area contributed by atoms with Crippen LogP contribution in [0.1, 0.15) is 22.0 Å². The summed E-state index contributed by atoms with van der Waals surface area (Å²) in [6.07, 6.45) is 0. The van der Waals surface area contributed by atoms with Crippen molar-refractivity contribution in [3.63, 3.8) is 0 Å². The summed E-state index contributed by atoms with van der Waals surface area (Å²) in [6, 6.07) is 8.84. The zero-order valence-electron chi connectivity index (χ0n) is 9.63. The van der Waals surface area contributed by atoms with Crippen molar-refractivity contribution in [1.29, 1.82) is 0 Å². The molecule has 1 atom stereocenters. The van der Waals surface area contributed by atoms with E-state index in [9.17, 15) is 0 Å². The van der Waals surface area contributed by atoms with Gasteiger partial charge in [0.05, 0.1) is 6.04 Å². The van der Waals surface area contributed by atoms with Crippen molar-refractivity contribution in [3.8, 4) is 0 Å². The van der Waals surface area contributed by atoms with Crippen LogP contribution >= 0.6 is 49.9 Å².